The Balaban J connectivity index is 0.00000420. The number of benzene rings is 2. The molecule has 0 radical (unpaired) electrons. The molecule has 5 nitrogen and oxygen atoms in total. The molecule has 2 aromatic rings. The Morgan fingerprint density at radius 2 is 1.66 bits per heavy atom. The third-order valence-electron chi connectivity index (χ3n) is 3.92. The van der Waals surface area contributed by atoms with Crippen molar-refractivity contribution in [1.82, 2.24) is 16.0 Å². The number of carbonyl (C=O) groups is 1. The first-order valence-electron chi connectivity index (χ1n) is 9.34. The van der Waals surface area contributed by atoms with E-state index >= 15 is 0 Å². The van der Waals surface area contributed by atoms with Gasteiger partial charge in [0.1, 0.15) is 11.6 Å². The summed E-state index contributed by atoms with van der Waals surface area (Å²) in [5.41, 5.74) is 1.66. The molecule has 0 aliphatic heterocycles. The Morgan fingerprint density at radius 1 is 0.931 bits per heavy atom. The minimum absolute atomic E-state index is 0. The van der Waals surface area contributed by atoms with Crippen LogP contribution < -0.4 is 16.0 Å². The number of amides is 1. The Labute approximate surface area is 187 Å². The van der Waals surface area contributed by atoms with E-state index in [9.17, 15) is 13.6 Å². The van der Waals surface area contributed by atoms with Gasteiger partial charge >= 0.3 is 0 Å². The molecule has 1 amide bonds. The van der Waals surface area contributed by atoms with Crippen LogP contribution in [0.1, 0.15) is 18.1 Å². The van der Waals surface area contributed by atoms with Crippen molar-refractivity contribution in [2.75, 3.05) is 26.2 Å². The Bertz CT molecular complexity index is 785. The third-order valence-corrected chi connectivity index (χ3v) is 3.92. The monoisotopic (exact) mass is 516 g/mol. The fourth-order valence-corrected chi connectivity index (χ4v) is 2.56. The van der Waals surface area contributed by atoms with Gasteiger partial charge in [-0.15, -0.1) is 24.0 Å². The van der Waals surface area contributed by atoms with Crippen molar-refractivity contribution in [2.24, 2.45) is 4.99 Å². The summed E-state index contributed by atoms with van der Waals surface area (Å²) in [4.78, 5) is 16.4. The maximum Gasteiger partial charge on any atom is 0.224 e. The average Bonchev–Trinajstić information content (AvgIpc) is 2.67. The highest BCUT2D eigenvalue weighted by Crippen LogP contribution is 2.04. The molecule has 0 saturated carbocycles. The SMILES string of the molecule is CCNC(=NCCc1cccc(F)c1)NCCNC(=O)Cc1ccc(F)cc1.I. The maximum atomic E-state index is 13.2. The second-order valence-corrected chi connectivity index (χ2v) is 6.22. The van der Waals surface area contributed by atoms with E-state index in [1.54, 1.807) is 18.2 Å². The molecular formula is C21H27F2IN4O. The molecule has 2 rings (SSSR count). The number of hydrogen-bond donors (Lipinski definition) is 3. The van der Waals surface area contributed by atoms with Crippen LogP contribution >= 0.6 is 24.0 Å². The lowest BCUT2D eigenvalue weighted by Crippen LogP contribution is -2.41. The van der Waals surface area contributed by atoms with E-state index in [0.29, 0.717) is 38.6 Å². The van der Waals surface area contributed by atoms with Gasteiger partial charge in [0.25, 0.3) is 0 Å². The van der Waals surface area contributed by atoms with Crippen LogP contribution in [0.3, 0.4) is 0 Å². The van der Waals surface area contributed by atoms with Gasteiger partial charge in [0.05, 0.1) is 6.42 Å². The molecule has 0 atom stereocenters. The smallest absolute Gasteiger partial charge is 0.224 e. The zero-order valence-electron chi connectivity index (χ0n) is 16.4. The predicted molar refractivity (Wildman–Crippen MR) is 123 cm³/mol. The topological polar surface area (TPSA) is 65.5 Å². The predicted octanol–water partition coefficient (Wildman–Crippen LogP) is 3.04. The van der Waals surface area contributed by atoms with E-state index in [-0.39, 0.29) is 47.9 Å². The molecule has 0 heterocycles. The molecule has 0 unspecified atom stereocenters. The molecular weight excluding hydrogens is 489 g/mol. The van der Waals surface area contributed by atoms with Crippen LogP contribution in [0.2, 0.25) is 0 Å². The van der Waals surface area contributed by atoms with Gasteiger partial charge in [0.2, 0.25) is 5.91 Å². The zero-order chi connectivity index (χ0) is 20.2. The highest BCUT2D eigenvalue weighted by atomic mass is 127. The molecule has 0 aromatic heterocycles. The van der Waals surface area contributed by atoms with Gasteiger partial charge in [0.15, 0.2) is 5.96 Å². The standard InChI is InChI=1S/C21H26F2N4O.HI/c1-2-24-21(26-11-10-16-4-3-5-19(23)14-16)27-13-12-25-20(28)15-17-6-8-18(22)9-7-17;/h3-9,14H,2,10-13,15H2,1H3,(H,25,28)(H2,24,26,27);1H. The summed E-state index contributed by atoms with van der Waals surface area (Å²) in [6, 6.07) is 12.4. The summed E-state index contributed by atoms with van der Waals surface area (Å²) in [6.07, 6.45) is 0.852. The fourth-order valence-electron chi connectivity index (χ4n) is 2.56. The Morgan fingerprint density at radius 3 is 2.34 bits per heavy atom. The quantitative estimate of drug-likeness (QED) is 0.208. The van der Waals surface area contributed by atoms with Crippen LogP contribution in [-0.2, 0) is 17.6 Å². The van der Waals surface area contributed by atoms with Crippen LogP contribution in [0.5, 0.6) is 0 Å². The first kappa shape index (κ1) is 24.8. The normalized spacial score (nSPS) is 10.8. The van der Waals surface area contributed by atoms with E-state index in [0.717, 1.165) is 11.1 Å². The lowest BCUT2D eigenvalue weighted by Gasteiger charge is -2.12. The summed E-state index contributed by atoms with van der Waals surface area (Å²) < 4.78 is 26.1. The lowest BCUT2D eigenvalue weighted by molar-refractivity contribution is -0.120. The molecule has 2 aromatic carbocycles. The van der Waals surface area contributed by atoms with Gasteiger partial charge in [-0.3, -0.25) is 9.79 Å². The van der Waals surface area contributed by atoms with Crippen LogP contribution in [-0.4, -0.2) is 38.0 Å². The molecule has 0 fully saturated rings. The Kier molecular flexibility index (Phi) is 11.9. The number of guanidine groups is 1. The van der Waals surface area contributed by atoms with Crippen molar-refractivity contribution in [1.29, 1.82) is 0 Å². The largest absolute Gasteiger partial charge is 0.357 e. The number of carbonyl (C=O) groups excluding carboxylic acids is 1. The van der Waals surface area contributed by atoms with Crippen molar-refractivity contribution >= 4 is 35.8 Å². The second kappa shape index (κ2) is 13.9. The van der Waals surface area contributed by atoms with Crippen molar-refractivity contribution in [3.63, 3.8) is 0 Å². The van der Waals surface area contributed by atoms with E-state index in [4.69, 9.17) is 0 Å². The van der Waals surface area contributed by atoms with Crippen LogP contribution in [0.15, 0.2) is 53.5 Å². The second-order valence-electron chi connectivity index (χ2n) is 6.22. The molecule has 8 heteroatoms. The highest BCUT2D eigenvalue weighted by Gasteiger charge is 2.04. The fraction of sp³-hybridized carbons (Fsp3) is 0.333. The van der Waals surface area contributed by atoms with Gasteiger partial charge in [-0.25, -0.2) is 8.78 Å². The van der Waals surface area contributed by atoms with Crippen molar-refractivity contribution in [3.8, 4) is 0 Å². The molecule has 158 valence electrons. The number of halogens is 3. The molecule has 0 bridgehead atoms. The summed E-state index contributed by atoms with van der Waals surface area (Å²) in [5, 5.41) is 9.09. The Hall–Kier alpha value is -2.23. The molecule has 29 heavy (non-hydrogen) atoms. The minimum Gasteiger partial charge on any atom is -0.357 e. The number of rotatable bonds is 9. The maximum absolute atomic E-state index is 13.2. The van der Waals surface area contributed by atoms with Crippen LogP contribution in [0.4, 0.5) is 8.78 Å². The van der Waals surface area contributed by atoms with Crippen molar-refractivity contribution < 1.29 is 13.6 Å². The summed E-state index contributed by atoms with van der Waals surface area (Å²) >= 11 is 0. The first-order valence-corrected chi connectivity index (χ1v) is 9.34. The molecule has 0 spiro atoms. The average molecular weight is 516 g/mol. The van der Waals surface area contributed by atoms with E-state index < -0.39 is 0 Å². The van der Waals surface area contributed by atoms with E-state index in [2.05, 4.69) is 20.9 Å². The number of aliphatic imine (C=N–C) groups is 1. The molecule has 0 aliphatic carbocycles. The first-order chi connectivity index (χ1) is 13.6. The van der Waals surface area contributed by atoms with Crippen molar-refractivity contribution in [2.45, 2.75) is 19.8 Å². The van der Waals surface area contributed by atoms with Crippen LogP contribution in [0, 0.1) is 11.6 Å². The van der Waals surface area contributed by atoms with Gasteiger partial charge in [0, 0.05) is 26.2 Å². The van der Waals surface area contributed by atoms with E-state index in [1.807, 2.05) is 13.0 Å². The zero-order valence-corrected chi connectivity index (χ0v) is 18.7. The van der Waals surface area contributed by atoms with Gasteiger partial charge < -0.3 is 16.0 Å². The number of hydrogen-bond acceptors (Lipinski definition) is 2. The number of nitrogens with zero attached hydrogens (tertiary/aromatic N) is 1. The summed E-state index contributed by atoms with van der Waals surface area (Å²) in [6.45, 7) is 4.15. The molecule has 0 saturated heterocycles. The lowest BCUT2D eigenvalue weighted by atomic mass is 10.1. The minimum atomic E-state index is -0.319. The van der Waals surface area contributed by atoms with Crippen LogP contribution in [0.25, 0.3) is 0 Å². The molecule has 3 N–H and O–H groups in total. The van der Waals surface area contributed by atoms with Crippen molar-refractivity contribution in [3.05, 3.63) is 71.3 Å². The van der Waals surface area contributed by atoms with E-state index in [1.165, 1.54) is 24.3 Å². The van der Waals surface area contributed by atoms with Gasteiger partial charge in [-0.05, 0) is 48.7 Å². The number of nitrogens with one attached hydrogen (secondary N) is 3. The summed E-state index contributed by atoms with van der Waals surface area (Å²) in [5.74, 6) is -0.0444. The van der Waals surface area contributed by atoms with Gasteiger partial charge in [-0.2, -0.15) is 0 Å². The van der Waals surface area contributed by atoms with Gasteiger partial charge in [-0.1, -0.05) is 24.3 Å². The molecule has 0 aliphatic rings. The summed E-state index contributed by atoms with van der Waals surface area (Å²) in [7, 11) is 0. The third kappa shape index (κ3) is 10.2. The highest BCUT2D eigenvalue weighted by molar-refractivity contribution is 14.0.